The summed E-state index contributed by atoms with van der Waals surface area (Å²) in [5.74, 6) is 0. The van der Waals surface area contributed by atoms with Gasteiger partial charge in [-0.25, -0.2) is 4.79 Å². The van der Waals surface area contributed by atoms with E-state index in [0.717, 1.165) is 38.2 Å². The Morgan fingerprint density at radius 1 is 1.40 bits per heavy atom. The van der Waals surface area contributed by atoms with E-state index in [0.29, 0.717) is 6.04 Å². The van der Waals surface area contributed by atoms with E-state index in [1.807, 2.05) is 33.8 Å². The molecule has 1 saturated heterocycles. The molecule has 0 radical (unpaired) electrons. The summed E-state index contributed by atoms with van der Waals surface area (Å²) in [4.78, 5) is 16.1. The van der Waals surface area contributed by atoms with Crippen LogP contribution in [0.1, 0.15) is 40.5 Å². The minimum Gasteiger partial charge on any atom is -0.444 e. The molecular weight excluding hydrogens is 252 g/mol. The van der Waals surface area contributed by atoms with Gasteiger partial charge in [-0.2, -0.15) is 0 Å². The van der Waals surface area contributed by atoms with Crippen LogP contribution in [0.25, 0.3) is 0 Å². The number of amides is 1. The SMILES string of the molecule is C=CCN(C(=C)C)C1CCN(C(=O)OC(C)(C)C)CC1. The molecule has 114 valence electrons. The third-order valence-corrected chi connectivity index (χ3v) is 3.37. The summed E-state index contributed by atoms with van der Waals surface area (Å²) in [5.41, 5.74) is 0.626. The number of carbonyl (C=O) groups is 1. The Balaban J connectivity index is 2.52. The maximum absolute atomic E-state index is 12.0. The highest BCUT2D eigenvalue weighted by atomic mass is 16.6. The summed E-state index contributed by atoms with van der Waals surface area (Å²) in [6.45, 7) is 17.8. The number of hydrogen-bond acceptors (Lipinski definition) is 3. The molecule has 0 aliphatic carbocycles. The van der Waals surface area contributed by atoms with Gasteiger partial charge in [0.25, 0.3) is 0 Å². The largest absolute Gasteiger partial charge is 0.444 e. The molecule has 1 fully saturated rings. The van der Waals surface area contributed by atoms with Gasteiger partial charge in [0, 0.05) is 31.4 Å². The van der Waals surface area contributed by atoms with Gasteiger partial charge in [0.2, 0.25) is 0 Å². The van der Waals surface area contributed by atoms with E-state index in [1.54, 1.807) is 4.90 Å². The molecular formula is C16H28N2O2. The number of allylic oxidation sites excluding steroid dienone is 1. The van der Waals surface area contributed by atoms with E-state index < -0.39 is 5.60 Å². The molecule has 0 N–H and O–H groups in total. The first kappa shape index (κ1) is 16.6. The number of carbonyl (C=O) groups excluding carboxylic acids is 1. The van der Waals surface area contributed by atoms with Crippen LogP contribution in [0.4, 0.5) is 4.79 Å². The van der Waals surface area contributed by atoms with E-state index in [9.17, 15) is 4.79 Å². The fourth-order valence-corrected chi connectivity index (χ4v) is 2.44. The van der Waals surface area contributed by atoms with E-state index >= 15 is 0 Å². The Labute approximate surface area is 123 Å². The number of likely N-dealkylation sites (tertiary alicyclic amines) is 1. The molecule has 4 heteroatoms. The van der Waals surface area contributed by atoms with Crippen molar-refractivity contribution in [1.82, 2.24) is 9.80 Å². The van der Waals surface area contributed by atoms with Crippen molar-refractivity contribution in [3.05, 3.63) is 24.9 Å². The van der Waals surface area contributed by atoms with Gasteiger partial charge < -0.3 is 14.5 Å². The molecule has 1 aliphatic heterocycles. The van der Waals surface area contributed by atoms with Crippen molar-refractivity contribution in [1.29, 1.82) is 0 Å². The van der Waals surface area contributed by atoms with Crippen LogP contribution < -0.4 is 0 Å². The van der Waals surface area contributed by atoms with Gasteiger partial charge in [0.15, 0.2) is 0 Å². The molecule has 0 bridgehead atoms. The Bertz CT molecular complexity index is 363. The Kier molecular flexibility index (Phi) is 5.66. The van der Waals surface area contributed by atoms with Crippen LogP contribution in [0.5, 0.6) is 0 Å². The third kappa shape index (κ3) is 4.91. The molecule has 4 nitrogen and oxygen atoms in total. The average molecular weight is 280 g/mol. The van der Waals surface area contributed by atoms with E-state index in [1.165, 1.54) is 0 Å². The summed E-state index contributed by atoms with van der Waals surface area (Å²) in [5, 5.41) is 0. The molecule has 1 amide bonds. The highest BCUT2D eigenvalue weighted by molar-refractivity contribution is 5.68. The molecule has 0 atom stereocenters. The van der Waals surface area contributed by atoms with Crippen LogP contribution >= 0.6 is 0 Å². The number of piperidine rings is 1. The normalized spacial score (nSPS) is 16.7. The lowest BCUT2D eigenvalue weighted by Gasteiger charge is -2.39. The molecule has 1 aliphatic rings. The lowest BCUT2D eigenvalue weighted by molar-refractivity contribution is 0.0165. The van der Waals surface area contributed by atoms with E-state index in [-0.39, 0.29) is 6.09 Å². The summed E-state index contributed by atoms with van der Waals surface area (Å²) in [6.07, 6.45) is 3.58. The summed E-state index contributed by atoms with van der Waals surface area (Å²) < 4.78 is 5.41. The highest BCUT2D eigenvalue weighted by Gasteiger charge is 2.28. The second-order valence-corrected chi connectivity index (χ2v) is 6.37. The minimum absolute atomic E-state index is 0.207. The van der Waals surface area contributed by atoms with E-state index in [2.05, 4.69) is 18.1 Å². The predicted molar refractivity (Wildman–Crippen MR) is 82.5 cm³/mol. The Hall–Kier alpha value is -1.45. The van der Waals surface area contributed by atoms with Crippen molar-refractivity contribution in [2.24, 2.45) is 0 Å². The summed E-state index contributed by atoms with van der Waals surface area (Å²) in [7, 11) is 0. The molecule has 0 unspecified atom stereocenters. The van der Waals surface area contributed by atoms with Gasteiger partial charge in [-0.3, -0.25) is 0 Å². The first-order chi connectivity index (χ1) is 9.24. The first-order valence-corrected chi connectivity index (χ1v) is 7.25. The zero-order chi connectivity index (χ0) is 15.3. The van der Waals surface area contributed by atoms with Crippen molar-refractivity contribution < 1.29 is 9.53 Å². The smallest absolute Gasteiger partial charge is 0.410 e. The molecule has 20 heavy (non-hydrogen) atoms. The second-order valence-electron chi connectivity index (χ2n) is 6.37. The minimum atomic E-state index is -0.430. The van der Waals surface area contributed by atoms with Crippen LogP contribution in [0.2, 0.25) is 0 Å². The molecule has 1 heterocycles. The third-order valence-electron chi connectivity index (χ3n) is 3.37. The van der Waals surface area contributed by atoms with Crippen molar-refractivity contribution >= 4 is 6.09 Å². The van der Waals surface area contributed by atoms with Crippen LogP contribution in [0.3, 0.4) is 0 Å². The van der Waals surface area contributed by atoms with Gasteiger partial charge in [-0.05, 0) is 40.5 Å². The fraction of sp³-hybridized carbons (Fsp3) is 0.688. The molecule has 0 aromatic heterocycles. The molecule has 1 rings (SSSR count). The Morgan fingerprint density at radius 2 is 1.95 bits per heavy atom. The number of nitrogens with zero attached hydrogens (tertiary/aromatic N) is 2. The fourth-order valence-electron chi connectivity index (χ4n) is 2.44. The molecule has 0 saturated carbocycles. The maximum atomic E-state index is 12.0. The number of hydrogen-bond donors (Lipinski definition) is 0. The zero-order valence-corrected chi connectivity index (χ0v) is 13.3. The van der Waals surface area contributed by atoms with Crippen molar-refractivity contribution in [3.8, 4) is 0 Å². The monoisotopic (exact) mass is 280 g/mol. The topological polar surface area (TPSA) is 32.8 Å². The summed E-state index contributed by atoms with van der Waals surface area (Å²) in [6, 6.07) is 0.434. The van der Waals surface area contributed by atoms with Gasteiger partial charge in [0.05, 0.1) is 0 Å². The maximum Gasteiger partial charge on any atom is 0.410 e. The van der Waals surface area contributed by atoms with Crippen molar-refractivity contribution in [2.75, 3.05) is 19.6 Å². The molecule has 0 spiro atoms. The van der Waals surface area contributed by atoms with Crippen LogP contribution in [-0.4, -0.2) is 47.2 Å². The lowest BCUT2D eigenvalue weighted by Crippen LogP contribution is -2.47. The van der Waals surface area contributed by atoms with Gasteiger partial charge in [-0.1, -0.05) is 12.7 Å². The number of ether oxygens (including phenoxy) is 1. The van der Waals surface area contributed by atoms with Crippen LogP contribution in [-0.2, 0) is 4.74 Å². The zero-order valence-electron chi connectivity index (χ0n) is 13.3. The average Bonchev–Trinajstić information content (AvgIpc) is 2.33. The lowest BCUT2D eigenvalue weighted by atomic mass is 10.0. The van der Waals surface area contributed by atoms with Crippen molar-refractivity contribution in [2.45, 2.75) is 52.2 Å². The second kappa shape index (κ2) is 6.82. The van der Waals surface area contributed by atoms with E-state index in [4.69, 9.17) is 4.74 Å². The molecule has 0 aromatic carbocycles. The molecule has 0 aromatic rings. The standard InChI is InChI=1S/C16H28N2O2/c1-7-10-18(13(2)3)14-8-11-17(12-9-14)15(19)20-16(4,5)6/h7,14H,1-2,8-12H2,3-6H3. The van der Waals surface area contributed by atoms with Gasteiger partial charge in [0.1, 0.15) is 5.60 Å². The number of rotatable bonds is 4. The predicted octanol–water partition coefficient (Wildman–Crippen LogP) is 3.41. The first-order valence-electron chi connectivity index (χ1n) is 7.25. The summed E-state index contributed by atoms with van der Waals surface area (Å²) >= 11 is 0. The van der Waals surface area contributed by atoms with Crippen LogP contribution in [0, 0.1) is 0 Å². The quantitative estimate of drug-likeness (QED) is 0.740. The Morgan fingerprint density at radius 3 is 2.35 bits per heavy atom. The van der Waals surface area contributed by atoms with Gasteiger partial charge in [-0.15, -0.1) is 6.58 Å². The van der Waals surface area contributed by atoms with Crippen LogP contribution in [0.15, 0.2) is 24.9 Å². The van der Waals surface area contributed by atoms with Gasteiger partial charge >= 0.3 is 6.09 Å². The highest BCUT2D eigenvalue weighted by Crippen LogP contribution is 2.21. The van der Waals surface area contributed by atoms with Crippen molar-refractivity contribution in [3.63, 3.8) is 0 Å².